The smallest absolute Gasteiger partial charge is 0.282 e. The topological polar surface area (TPSA) is 58.6 Å². The molecular formula is C28H28N2O3. The van der Waals surface area contributed by atoms with Gasteiger partial charge in [-0.2, -0.15) is 0 Å². The third-order valence-corrected chi connectivity index (χ3v) is 5.71. The molecule has 0 aliphatic carbocycles. The summed E-state index contributed by atoms with van der Waals surface area (Å²) >= 11 is 0. The van der Waals surface area contributed by atoms with Gasteiger partial charge in [0.25, 0.3) is 11.8 Å². The monoisotopic (exact) mass is 440 g/mol. The normalized spacial score (nSPS) is 13.6. The Balaban J connectivity index is 1.76. The molecule has 0 unspecified atom stereocenters. The summed E-state index contributed by atoms with van der Waals surface area (Å²) in [5, 5.41) is 3.25. The molecule has 168 valence electrons. The maximum atomic E-state index is 13.6. The third kappa shape index (κ3) is 4.53. The van der Waals surface area contributed by atoms with E-state index in [9.17, 15) is 9.59 Å². The van der Waals surface area contributed by atoms with Crippen molar-refractivity contribution in [3.63, 3.8) is 0 Å². The number of hydrogen-bond acceptors (Lipinski definition) is 4. The number of para-hydroxylation sites is 1. The van der Waals surface area contributed by atoms with Crippen LogP contribution in [0, 0.1) is 6.92 Å². The Bertz CT molecular complexity index is 1190. The van der Waals surface area contributed by atoms with Crippen molar-refractivity contribution in [2.45, 2.75) is 33.6 Å². The molecule has 1 aliphatic rings. The predicted octanol–water partition coefficient (Wildman–Crippen LogP) is 5.74. The number of nitrogens with one attached hydrogen (secondary N) is 1. The van der Waals surface area contributed by atoms with Crippen LogP contribution in [0.3, 0.4) is 0 Å². The van der Waals surface area contributed by atoms with Crippen molar-refractivity contribution in [3.05, 3.63) is 95.2 Å². The summed E-state index contributed by atoms with van der Waals surface area (Å²) in [7, 11) is 0. The first-order valence-electron chi connectivity index (χ1n) is 11.3. The Morgan fingerprint density at radius 1 is 0.848 bits per heavy atom. The first-order chi connectivity index (χ1) is 16.0. The SMILES string of the molecule is CCCOc1ccc(C2=C(Nc3ccccc3C)C(=O)N(c3ccc(CC)cc3)C2=O)cc1. The fourth-order valence-corrected chi connectivity index (χ4v) is 3.81. The minimum Gasteiger partial charge on any atom is -0.494 e. The number of carbonyl (C=O) groups is 2. The summed E-state index contributed by atoms with van der Waals surface area (Å²) in [5.41, 5.74) is 4.77. The average Bonchev–Trinajstić information content (AvgIpc) is 3.08. The number of aryl methyl sites for hydroxylation is 2. The molecule has 33 heavy (non-hydrogen) atoms. The lowest BCUT2D eigenvalue weighted by molar-refractivity contribution is -0.120. The summed E-state index contributed by atoms with van der Waals surface area (Å²) in [5.74, 6) is 0.0229. The van der Waals surface area contributed by atoms with Crippen molar-refractivity contribution < 1.29 is 14.3 Å². The van der Waals surface area contributed by atoms with Crippen LogP contribution in [0.1, 0.15) is 37.0 Å². The van der Waals surface area contributed by atoms with Gasteiger partial charge in [0.15, 0.2) is 0 Å². The molecule has 0 saturated carbocycles. The van der Waals surface area contributed by atoms with E-state index in [1.807, 2.05) is 86.6 Å². The highest BCUT2D eigenvalue weighted by atomic mass is 16.5. The first kappa shape index (κ1) is 22.3. The van der Waals surface area contributed by atoms with E-state index >= 15 is 0 Å². The number of nitrogens with zero attached hydrogens (tertiary/aromatic N) is 1. The van der Waals surface area contributed by atoms with Crippen LogP contribution < -0.4 is 15.0 Å². The highest BCUT2D eigenvalue weighted by Gasteiger charge is 2.40. The van der Waals surface area contributed by atoms with Gasteiger partial charge in [-0.3, -0.25) is 9.59 Å². The molecule has 0 fully saturated rings. The van der Waals surface area contributed by atoms with Gasteiger partial charge in [0.1, 0.15) is 11.4 Å². The van der Waals surface area contributed by atoms with E-state index in [1.54, 1.807) is 0 Å². The number of carbonyl (C=O) groups excluding carboxylic acids is 2. The largest absolute Gasteiger partial charge is 0.494 e. The highest BCUT2D eigenvalue weighted by molar-refractivity contribution is 6.46. The number of benzene rings is 3. The number of ether oxygens (including phenoxy) is 1. The van der Waals surface area contributed by atoms with E-state index in [-0.39, 0.29) is 17.5 Å². The molecular weight excluding hydrogens is 412 g/mol. The Morgan fingerprint density at radius 2 is 1.55 bits per heavy atom. The van der Waals surface area contributed by atoms with Crippen LogP contribution in [0.4, 0.5) is 11.4 Å². The minimum absolute atomic E-state index is 0.274. The summed E-state index contributed by atoms with van der Waals surface area (Å²) < 4.78 is 5.68. The van der Waals surface area contributed by atoms with Crippen LogP contribution in [-0.4, -0.2) is 18.4 Å². The summed E-state index contributed by atoms with van der Waals surface area (Å²) in [6, 6.07) is 22.6. The van der Waals surface area contributed by atoms with Crippen LogP contribution in [0.5, 0.6) is 5.75 Å². The maximum Gasteiger partial charge on any atom is 0.282 e. The first-order valence-corrected chi connectivity index (χ1v) is 11.3. The van der Waals surface area contributed by atoms with Crippen molar-refractivity contribution in [2.75, 3.05) is 16.8 Å². The molecule has 3 aromatic carbocycles. The van der Waals surface area contributed by atoms with Gasteiger partial charge in [0.05, 0.1) is 17.9 Å². The van der Waals surface area contributed by atoms with Gasteiger partial charge in [-0.25, -0.2) is 4.90 Å². The molecule has 0 atom stereocenters. The number of imide groups is 1. The quantitative estimate of drug-likeness (QED) is 0.454. The van der Waals surface area contributed by atoms with E-state index in [0.717, 1.165) is 35.4 Å². The van der Waals surface area contributed by atoms with Crippen LogP contribution in [0.25, 0.3) is 5.57 Å². The molecule has 0 bridgehead atoms. The second-order valence-corrected chi connectivity index (χ2v) is 8.03. The van der Waals surface area contributed by atoms with E-state index < -0.39 is 0 Å². The van der Waals surface area contributed by atoms with Gasteiger partial charge in [0, 0.05) is 5.69 Å². The van der Waals surface area contributed by atoms with E-state index in [1.165, 1.54) is 4.90 Å². The van der Waals surface area contributed by atoms with Crippen LogP contribution in [-0.2, 0) is 16.0 Å². The third-order valence-electron chi connectivity index (χ3n) is 5.71. The van der Waals surface area contributed by atoms with Crippen molar-refractivity contribution in [1.82, 2.24) is 0 Å². The van der Waals surface area contributed by atoms with E-state index in [4.69, 9.17) is 4.74 Å². The van der Waals surface area contributed by atoms with E-state index in [0.29, 0.717) is 23.4 Å². The second-order valence-electron chi connectivity index (χ2n) is 8.03. The molecule has 5 nitrogen and oxygen atoms in total. The lowest BCUT2D eigenvalue weighted by Gasteiger charge is -2.16. The molecule has 1 aliphatic heterocycles. The van der Waals surface area contributed by atoms with Crippen LogP contribution >= 0.6 is 0 Å². The zero-order valence-electron chi connectivity index (χ0n) is 19.2. The number of amides is 2. The second kappa shape index (κ2) is 9.74. The molecule has 1 N–H and O–H groups in total. The maximum absolute atomic E-state index is 13.6. The van der Waals surface area contributed by atoms with Crippen molar-refractivity contribution in [2.24, 2.45) is 0 Å². The number of anilines is 2. The summed E-state index contributed by atoms with van der Waals surface area (Å²) in [6.07, 6.45) is 1.80. The fourth-order valence-electron chi connectivity index (χ4n) is 3.81. The molecule has 3 aromatic rings. The van der Waals surface area contributed by atoms with Crippen molar-refractivity contribution in [1.29, 1.82) is 0 Å². The fraction of sp³-hybridized carbons (Fsp3) is 0.214. The number of rotatable bonds is 8. The molecule has 5 heteroatoms. The highest BCUT2D eigenvalue weighted by Crippen LogP contribution is 2.35. The molecule has 0 saturated heterocycles. The average molecular weight is 441 g/mol. The van der Waals surface area contributed by atoms with Gasteiger partial charge in [-0.05, 0) is 66.8 Å². The van der Waals surface area contributed by atoms with E-state index in [2.05, 4.69) is 12.2 Å². The molecule has 0 radical (unpaired) electrons. The summed E-state index contributed by atoms with van der Waals surface area (Å²) in [4.78, 5) is 28.4. The van der Waals surface area contributed by atoms with Gasteiger partial charge in [-0.15, -0.1) is 0 Å². The van der Waals surface area contributed by atoms with Crippen molar-refractivity contribution in [3.8, 4) is 5.75 Å². The lowest BCUT2D eigenvalue weighted by atomic mass is 10.0. The molecule has 4 rings (SSSR count). The van der Waals surface area contributed by atoms with Gasteiger partial charge in [0.2, 0.25) is 0 Å². The molecule has 2 amide bonds. The Labute approximate surface area is 194 Å². The Morgan fingerprint density at radius 3 is 2.18 bits per heavy atom. The predicted molar refractivity (Wildman–Crippen MR) is 132 cm³/mol. The van der Waals surface area contributed by atoms with Gasteiger partial charge in [-0.1, -0.05) is 56.3 Å². The Hall–Kier alpha value is -3.86. The summed E-state index contributed by atoms with van der Waals surface area (Å²) in [6.45, 7) is 6.71. The van der Waals surface area contributed by atoms with Gasteiger partial charge >= 0.3 is 0 Å². The van der Waals surface area contributed by atoms with Crippen LogP contribution in [0.15, 0.2) is 78.5 Å². The zero-order chi connectivity index (χ0) is 23.4. The molecule has 0 aromatic heterocycles. The minimum atomic E-state index is -0.367. The van der Waals surface area contributed by atoms with Gasteiger partial charge < -0.3 is 10.1 Å². The van der Waals surface area contributed by atoms with Crippen molar-refractivity contribution >= 4 is 28.8 Å². The van der Waals surface area contributed by atoms with Crippen LogP contribution in [0.2, 0.25) is 0 Å². The zero-order valence-corrected chi connectivity index (χ0v) is 19.2. The standard InChI is InChI=1S/C28H28N2O3/c1-4-18-33-23-16-12-21(13-17-23)25-26(29-24-9-7-6-8-19(24)3)28(32)30(27(25)31)22-14-10-20(5-2)11-15-22/h6-17,29H,4-5,18H2,1-3H3. The lowest BCUT2D eigenvalue weighted by Crippen LogP contribution is -2.32. The number of hydrogen-bond donors (Lipinski definition) is 1. The molecule has 1 heterocycles. The molecule has 0 spiro atoms. The Kier molecular flexibility index (Phi) is 6.59.